The van der Waals surface area contributed by atoms with Crippen LogP contribution in [-0.2, 0) is 4.74 Å². The van der Waals surface area contributed by atoms with Gasteiger partial charge in [-0.1, -0.05) is 0 Å². The number of ether oxygens (including phenoxy) is 1. The highest BCUT2D eigenvalue weighted by Gasteiger charge is 2.29. The van der Waals surface area contributed by atoms with Crippen molar-refractivity contribution in [2.75, 3.05) is 19.4 Å². The molecule has 2 atom stereocenters. The van der Waals surface area contributed by atoms with Gasteiger partial charge in [-0.3, -0.25) is 4.74 Å². The summed E-state index contributed by atoms with van der Waals surface area (Å²) in [4.78, 5) is 0. The zero-order valence-corrected chi connectivity index (χ0v) is 9.46. The molecule has 1 aliphatic carbocycles. The van der Waals surface area contributed by atoms with Crippen LogP contribution in [0, 0.1) is 0 Å². The summed E-state index contributed by atoms with van der Waals surface area (Å²) < 4.78 is 38.5. The van der Waals surface area contributed by atoms with Crippen LogP contribution in [0.3, 0.4) is 0 Å². The fourth-order valence-electron chi connectivity index (χ4n) is 1.77. The van der Waals surface area contributed by atoms with Gasteiger partial charge in [-0.25, -0.2) is 0 Å². The molecule has 6 heteroatoms. The topological polar surface area (TPSA) is 21.3 Å². The predicted molar refractivity (Wildman–Crippen MR) is 55.0 cm³/mol. The minimum atomic E-state index is -4.50. The van der Waals surface area contributed by atoms with Crippen molar-refractivity contribution in [3.05, 3.63) is 0 Å². The first-order chi connectivity index (χ1) is 7.01. The van der Waals surface area contributed by atoms with Gasteiger partial charge < -0.3 is 5.32 Å². The van der Waals surface area contributed by atoms with Crippen molar-refractivity contribution in [2.24, 2.45) is 0 Å². The molecular formula is C9H16F3NOS. The van der Waals surface area contributed by atoms with Crippen LogP contribution < -0.4 is 5.32 Å². The van der Waals surface area contributed by atoms with Crippen molar-refractivity contribution in [1.29, 1.82) is 0 Å². The molecular weight excluding hydrogens is 227 g/mol. The zero-order valence-electron chi connectivity index (χ0n) is 8.64. The molecule has 0 aliphatic heterocycles. The Bertz CT molecular complexity index is 189. The molecule has 0 amide bonds. The first-order valence-electron chi connectivity index (χ1n) is 4.98. The number of nitrogens with one attached hydrogen (secondary N) is 1. The van der Waals surface area contributed by atoms with Gasteiger partial charge in [0.15, 0.2) is 0 Å². The molecule has 0 aromatic heterocycles. The quantitative estimate of drug-likeness (QED) is 0.749. The van der Waals surface area contributed by atoms with Gasteiger partial charge in [0.25, 0.3) is 0 Å². The van der Waals surface area contributed by atoms with Crippen molar-refractivity contribution in [3.63, 3.8) is 0 Å². The maximum atomic E-state index is 11.6. The van der Waals surface area contributed by atoms with E-state index in [0.29, 0.717) is 11.3 Å². The van der Waals surface area contributed by atoms with Gasteiger partial charge in [-0.05, 0) is 25.5 Å². The van der Waals surface area contributed by atoms with Crippen molar-refractivity contribution in [3.8, 4) is 0 Å². The van der Waals surface area contributed by atoms with Crippen LogP contribution in [0.2, 0.25) is 0 Å². The standard InChI is InChI=1S/C9H16F3NOS/c1-15-8-3-2-7(6-8)13-4-5-14-9(10,11)12/h7-8,13H,2-6H2,1H3. The number of hydrogen-bond donors (Lipinski definition) is 1. The van der Waals surface area contributed by atoms with Crippen LogP contribution in [0.25, 0.3) is 0 Å². The molecule has 0 spiro atoms. The molecule has 1 fully saturated rings. The Kier molecular flexibility index (Phi) is 5.22. The van der Waals surface area contributed by atoms with Crippen LogP contribution in [0.5, 0.6) is 0 Å². The lowest BCUT2D eigenvalue weighted by Crippen LogP contribution is -2.31. The summed E-state index contributed by atoms with van der Waals surface area (Å²) in [7, 11) is 0. The highest BCUT2D eigenvalue weighted by atomic mass is 32.2. The molecule has 2 unspecified atom stereocenters. The molecule has 0 aromatic carbocycles. The Morgan fingerprint density at radius 2 is 2.13 bits per heavy atom. The Hall–Kier alpha value is 0.0600. The van der Waals surface area contributed by atoms with E-state index in [1.807, 2.05) is 11.8 Å². The van der Waals surface area contributed by atoms with E-state index in [4.69, 9.17) is 0 Å². The first-order valence-corrected chi connectivity index (χ1v) is 6.27. The van der Waals surface area contributed by atoms with Crippen molar-refractivity contribution in [1.82, 2.24) is 5.32 Å². The lowest BCUT2D eigenvalue weighted by atomic mass is 10.2. The van der Waals surface area contributed by atoms with Gasteiger partial charge in [-0.2, -0.15) is 11.8 Å². The molecule has 90 valence electrons. The maximum absolute atomic E-state index is 11.6. The van der Waals surface area contributed by atoms with Gasteiger partial charge in [-0.15, -0.1) is 13.2 Å². The number of thioether (sulfide) groups is 1. The van der Waals surface area contributed by atoms with E-state index in [-0.39, 0.29) is 13.2 Å². The smallest absolute Gasteiger partial charge is 0.312 e. The zero-order chi connectivity index (χ0) is 11.3. The lowest BCUT2D eigenvalue weighted by molar-refractivity contribution is -0.323. The first kappa shape index (κ1) is 13.1. The summed E-state index contributed by atoms with van der Waals surface area (Å²) in [5.41, 5.74) is 0. The van der Waals surface area contributed by atoms with Gasteiger partial charge >= 0.3 is 6.36 Å². The minimum Gasteiger partial charge on any atom is -0.312 e. The molecule has 0 aromatic rings. The summed E-state index contributed by atoms with van der Waals surface area (Å²) in [5.74, 6) is 0. The SMILES string of the molecule is CSC1CCC(NCCOC(F)(F)F)C1. The second-order valence-corrected chi connectivity index (χ2v) is 4.75. The Morgan fingerprint density at radius 3 is 2.67 bits per heavy atom. The molecule has 2 nitrogen and oxygen atoms in total. The molecule has 0 saturated heterocycles. The largest absolute Gasteiger partial charge is 0.522 e. The van der Waals surface area contributed by atoms with E-state index < -0.39 is 6.36 Å². The second-order valence-electron chi connectivity index (χ2n) is 3.62. The summed E-state index contributed by atoms with van der Waals surface area (Å²) in [6.07, 6.45) is 0.822. The molecule has 0 bridgehead atoms. The number of halogens is 3. The van der Waals surface area contributed by atoms with Crippen LogP contribution in [-0.4, -0.2) is 37.1 Å². The lowest BCUT2D eigenvalue weighted by Gasteiger charge is -2.13. The average Bonchev–Trinajstić information content (AvgIpc) is 2.59. The normalized spacial score (nSPS) is 27.2. The molecule has 1 N–H and O–H groups in total. The predicted octanol–water partition coefficient (Wildman–Crippen LogP) is 2.40. The van der Waals surface area contributed by atoms with Crippen molar-refractivity contribution >= 4 is 11.8 Å². The van der Waals surface area contributed by atoms with Gasteiger partial charge in [0.1, 0.15) is 0 Å². The fraction of sp³-hybridized carbons (Fsp3) is 1.00. The van der Waals surface area contributed by atoms with E-state index >= 15 is 0 Å². The van der Waals surface area contributed by atoms with E-state index in [1.165, 1.54) is 0 Å². The molecule has 0 heterocycles. The van der Waals surface area contributed by atoms with E-state index in [2.05, 4.69) is 16.3 Å². The van der Waals surface area contributed by atoms with E-state index in [0.717, 1.165) is 19.3 Å². The third-order valence-corrected chi connectivity index (χ3v) is 3.61. The number of alkyl halides is 3. The molecule has 1 aliphatic rings. The highest BCUT2D eigenvalue weighted by Crippen LogP contribution is 2.27. The summed E-state index contributed by atoms with van der Waals surface area (Å²) >= 11 is 1.83. The van der Waals surface area contributed by atoms with Crippen LogP contribution in [0.4, 0.5) is 13.2 Å². The van der Waals surface area contributed by atoms with Crippen molar-refractivity contribution in [2.45, 2.75) is 36.9 Å². The molecule has 1 rings (SSSR count). The number of rotatable bonds is 5. The molecule has 15 heavy (non-hydrogen) atoms. The monoisotopic (exact) mass is 243 g/mol. The van der Waals surface area contributed by atoms with Crippen LogP contribution in [0.15, 0.2) is 0 Å². The molecule has 1 saturated carbocycles. The van der Waals surface area contributed by atoms with Gasteiger partial charge in [0, 0.05) is 17.8 Å². The van der Waals surface area contributed by atoms with Crippen molar-refractivity contribution < 1.29 is 17.9 Å². The third kappa shape index (κ3) is 5.63. The van der Waals surface area contributed by atoms with E-state index in [1.54, 1.807) is 0 Å². The highest BCUT2D eigenvalue weighted by molar-refractivity contribution is 7.99. The average molecular weight is 243 g/mol. The maximum Gasteiger partial charge on any atom is 0.522 e. The third-order valence-electron chi connectivity index (χ3n) is 2.52. The Labute approximate surface area is 91.9 Å². The molecule has 0 radical (unpaired) electrons. The van der Waals surface area contributed by atoms with Gasteiger partial charge in [0.2, 0.25) is 0 Å². The summed E-state index contributed by atoms with van der Waals surface area (Å²) in [6.45, 7) is -0.0325. The Balaban J connectivity index is 2.02. The van der Waals surface area contributed by atoms with Crippen LogP contribution in [0.1, 0.15) is 19.3 Å². The summed E-state index contributed by atoms with van der Waals surface area (Å²) in [5, 5.41) is 3.74. The van der Waals surface area contributed by atoms with Gasteiger partial charge in [0.05, 0.1) is 6.61 Å². The van der Waals surface area contributed by atoms with Crippen LogP contribution >= 0.6 is 11.8 Å². The summed E-state index contributed by atoms with van der Waals surface area (Å²) in [6, 6.07) is 0.360. The second kappa shape index (κ2) is 5.96. The van der Waals surface area contributed by atoms with E-state index in [9.17, 15) is 13.2 Å². The minimum absolute atomic E-state index is 0.269. The fourth-order valence-corrected chi connectivity index (χ4v) is 2.57. The Morgan fingerprint density at radius 1 is 1.40 bits per heavy atom. The number of hydrogen-bond acceptors (Lipinski definition) is 3.